The Kier molecular flexibility index (Phi) is 4.56. The van der Waals surface area contributed by atoms with Gasteiger partial charge in [-0.25, -0.2) is 0 Å². The molecule has 138 valence electrons. The zero-order chi connectivity index (χ0) is 19.5. The predicted octanol–water partition coefficient (Wildman–Crippen LogP) is 7.92. The summed E-state index contributed by atoms with van der Waals surface area (Å²) in [6, 6.07) is 42.6. The van der Waals surface area contributed by atoms with Gasteiger partial charge in [0.25, 0.3) is 0 Å². The van der Waals surface area contributed by atoms with Gasteiger partial charge in [0, 0.05) is 16.9 Å². The van der Waals surface area contributed by atoms with Crippen LogP contribution in [0.25, 0.3) is 33.0 Å². The minimum atomic E-state index is 1.08. The Labute approximate surface area is 171 Å². The summed E-state index contributed by atoms with van der Waals surface area (Å²) < 4.78 is 0. The van der Waals surface area contributed by atoms with Crippen molar-refractivity contribution in [1.29, 1.82) is 0 Å². The van der Waals surface area contributed by atoms with Gasteiger partial charge in [-0.1, -0.05) is 103 Å². The largest absolute Gasteiger partial charge is 0.355 e. The van der Waals surface area contributed by atoms with Crippen molar-refractivity contribution < 1.29 is 0 Å². The molecule has 0 saturated heterocycles. The van der Waals surface area contributed by atoms with Crippen molar-refractivity contribution in [1.82, 2.24) is 0 Å². The van der Waals surface area contributed by atoms with E-state index in [1.807, 2.05) is 6.07 Å². The van der Waals surface area contributed by atoms with E-state index in [0.29, 0.717) is 0 Å². The van der Waals surface area contributed by atoms with Gasteiger partial charge in [-0.3, -0.25) is 0 Å². The highest BCUT2D eigenvalue weighted by Crippen LogP contribution is 2.36. The smallest absolute Gasteiger partial charge is 0.0470 e. The van der Waals surface area contributed by atoms with Crippen molar-refractivity contribution in [2.75, 3.05) is 5.32 Å². The standard InChI is InChI=1S/C28H21N/c1-3-10-22(11-4-1)27-19-18-23(20-28(27)29-24-14-5-2-6-15-24)26-17-9-13-21-12-7-8-16-25(21)26/h1-20,29H. The Morgan fingerprint density at radius 2 is 1.14 bits per heavy atom. The van der Waals surface area contributed by atoms with Crippen molar-refractivity contribution in [2.45, 2.75) is 0 Å². The molecule has 1 nitrogen and oxygen atoms in total. The molecule has 0 radical (unpaired) electrons. The normalized spacial score (nSPS) is 10.8. The van der Waals surface area contributed by atoms with Crippen LogP contribution in [0.3, 0.4) is 0 Å². The molecule has 0 aromatic heterocycles. The van der Waals surface area contributed by atoms with E-state index in [9.17, 15) is 0 Å². The lowest BCUT2D eigenvalue weighted by molar-refractivity contribution is 1.53. The van der Waals surface area contributed by atoms with E-state index in [4.69, 9.17) is 0 Å². The van der Waals surface area contributed by atoms with Crippen molar-refractivity contribution in [3.8, 4) is 22.3 Å². The SMILES string of the molecule is c1ccc(Nc2cc(-c3cccc4ccccc34)ccc2-c2ccccc2)cc1. The molecule has 0 aliphatic rings. The van der Waals surface area contributed by atoms with E-state index in [0.717, 1.165) is 11.4 Å². The van der Waals surface area contributed by atoms with Gasteiger partial charge < -0.3 is 5.32 Å². The highest BCUT2D eigenvalue weighted by Gasteiger charge is 2.10. The van der Waals surface area contributed by atoms with Gasteiger partial charge in [0.1, 0.15) is 0 Å². The molecule has 0 aliphatic carbocycles. The maximum Gasteiger partial charge on any atom is 0.0470 e. The predicted molar refractivity (Wildman–Crippen MR) is 125 cm³/mol. The minimum Gasteiger partial charge on any atom is -0.355 e. The monoisotopic (exact) mass is 371 g/mol. The lowest BCUT2D eigenvalue weighted by Gasteiger charge is -2.15. The van der Waals surface area contributed by atoms with Crippen LogP contribution in [0.5, 0.6) is 0 Å². The van der Waals surface area contributed by atoms with Crippen LogP contribution in [0.15, 0.2) is 121 Å². The third-order valence-electron chi connectivity index (χ3n) is 5.26. The third kappa shape index (κ3) is 3.51. The first-order chi connectivity index (χ1) is 14.4. The summed E-state index contributed by atoms with van der Waals surface area (Å²) in [5.74, 6) is 0. The second kappa shape index (κ2) is 7.65. The fourth-order valence-electron chi connectivity index (χ4n) is 3.84. The van der Waals surface area contributed by atoms with E-state index in [1.54, 1.807) is 0 Å². The maximum atomic E-state index is 3.63. The highest BCUT2D eigenvalue weighted by molar-refractivity contribution is 5.98. The summed E-state index contributed by atoms with van der Waals surface area (Å²) in [5, 5.41) is 6.16. The zero-order valence-electron chi connectivity index (χ0n) is 16.0. The first-order valence-corrected chi connectivity index (χ1v) is 9.88. The van der Waals surface area contributed by atoms with E-state index in [1.165, 1.54) is 33.0 Å². The van der Waals surface area contributed by atoms with E-state index in [-0.39, 0.29) is 0 Å². The van der Waals surface area contributed by atoms with E-state index < -0.39 is 0 Å². The Hall–Kier alpha value is -3.84. The molecule has 5 aromatic carbocycles. The topological polar surface area (TPSA) is 12.0 Å². The van der Waals surface area contributed by atoms with Crippen LogP contribution in [0, 0.1) is 0 Å². The molecule has 29 heavy (non-hydrogen) atoms. The second-order valence-electron chi connectivity index (χ2n) is 7.14. The summed E-state index contributed by atoms with van der Waals surface area (Å²) >= 11 is 0. The Balaban J connectivity index is 1.67. The first kappa shape index (κ1) is 17.3. The molecule has 0 amide bonds. The molecule has 0 spiro atoms. The lowest BCUT2D eigenvalue weighted by Crippen LogP contribution is -1.94. The third-order valence-corrected chi connectivity index (χ3v) is 5.26. The average molecular weight is 371 g/mol. The number of para-hydroxylation sites is 1. The number of fused-ring (bicyclic) bond motifs is 1. The fourth-order valence-corrected chi connectivity index (χ4v) is 3.84. The van der Waals surface area contributed by atoms with Crippen LogP contribution in [0.2, 0.25) is 0 Å². The molecule has 0 fully saturated rings. The molecular formula is C28H21N. The van der Waals surface area contributed by atoms with Gasteiger partial charge in [-0.15, -0.1) is 0 Å². The molecule has 1 N–H and O–H groups in total. The minimum absolute atomic E-state index is 1.08. The van der Waals surface area contributed by atoms with Gasteiger partial charge in [-0.2, -0.15) is 0 Å². The van der Waals surface area contributed by atoms with Crippen molar-refractivity contribution >= 4 is 22.1 Å². The summed E-state index contributed by atoms with van der Waals surface area (Å²) in [6.07, 6.45) is 0. The number of anilines is 2. The van der Waals surface area contributed by atoms with Crippen LogP contribution in [-0.2, 0) is 0 Å². The number of rotatable bonds is 4. The summed E-state index contributed by atoms with van der Waals surface area (Å²) in [6.45, 7) is 0. The second-order valence-corrected chi connectivity index (χ2v) is 7.14. The first-order valence-electron chi connectivity index (χ1n) is 9.88. The average Bonchev–Trinajstić information content (AvgIpc) is 2.80. The van der Waals surface area contributed by atoms with Gasteiger partial charge in [0.15, 0.2) is 0 Å². The van der Waals surface area contributed by atoms with Crippen molar-refractivity contribution in [3.05, 3.63) is 121 Å². The summed E-state index contributed by atoms with van der Waals surface area (Å²) in [5.41, 5.74) is 7.04. The van der Waals surface area contributed by atoms with Crippen LogP contribution < -0.4 is 5.32 Å². The number of nitrogens with one attached hydrogen (secondary N) is 1. The molecule has 5 aromatic rings. The maximum absolute atomic E-state index is 3.63. The van der Waals surface area contributed by atoms with Crippen LogP contribution in [0.4, 0.5) is 11.4 Å². The van der Waals surface area contributed by atoms with E-state index >= 15 is 0 Å². The highest BCUT2D eigenvalue weighted by atomic mass is 14.9. The summed E-state index contributed by atoms with van der Waals surface area (Å²) in [7, 11) is 0. The number of hydrogen-bond acceptors (Lipinski definition) is 1. The Morgan fingerprint density at radius 3 is 1.97 bits per heavy atom. The van der Waals surface area contributed by atoms with Crippen LogP contribution in [-0.4, -0.2) is 0 Å². The summed E-state index contributed by atoms with van der Waals surface area (Å²) in [4.78, 5) is 0. The Morgan fingerprint density at radius 1 is 0.448 bits per heavy atom. The molecule has 1 heteroatoms. The van der Waals surface area contributed by atoms with Gasteiger partial charge in [0.05, 0.1) is 0 Å². The van der Waals surface area contributed by atoms with Crippen LogP contribution in [0.1, 0.15) is 0 Å². The van der Waals surface area contributed by atoms with Crippen molar-refractivity contribution in [2.24, 2.45) is 0 Å². The van der Waals surface area contributed by atoms with Gasteiger partial charge in [0.2, 0.25) is 0 Å². The molecule has 0 atom stereocenters. The zero-order valence-corrected chi connectivity index (χ0v) is 16.0. The van der Waals surface area contributed by atoms with Crippen LogP contribution >= 0.6 is 0 Å². The van der Waals surface area contributed by atoms with Gasteiger partial charge >= 0.3 is 0 Å². The number of benzene rings is 5. The molecule has 5 rings (SSSR count). The quantitative estimate of drug-likeness (QED) is 0.338. The molecule has 0 unspecified atom stereocenters. The molecule has 0 bridgehead atoms. The van der Waals surface area contributed by atoms with Gasteiger partial charge in [-0.05, 0) is 45.7 Å². The number of hydrogen-bond donors (Lipinski definition) is 1. The molecule has 0 saturated carbocycles. The van der Waals surface area contributed by atoms with Crippen molar-refractivity contribution in [3.63, 3.8) is 0 Å². The molecule has 0 heterocycles. The fraction of sp³-hybridized carbons (Fsp3) is 0. The van der Waals surface area contributed by atoms with E-state index in [2.05, 4.69) is 121 Å². The lowest BCUT2D eigenvalue weighted by atomic mass is 9.95. The molecule has 0 aliphatic heterocycles. The Bertz CT molecular complexity index is 1250. The molecular weight excluding hydrogens is 350 g/mol.